The van der Waals surface area contributed by atoms with Gasteiger partial charge in [-0.3, -0.25) is 0 Å². The van der Waals surface area contributed by atoms with Crippen molar-refractivity contribution in [2.45, 2.75) is 254 Å². The van der Waals surface area contributed by atoms with Gasteiger partial charge in [-0.15, -0.1) is 19.7 Å². The maximum absolute atomic E-state index is 7.12. The molecule has 0 saturated heterocycles. The number of hydrogen-bond acceptors (Lipinski definition) is 8. The van der Waals surface area contributed by atoms with Gasteiger partial charge in [0.15, 0.2) is 68.7 Å². The summed E-state index contributed by atoms with van der Waals surface area (Å²) in [7, 11) is -23.1. The van der Waals surface area contributed by atoms with Crippen LogP contribution >= 0.6 is 0 Å². The van der Waals surface area contributed by atoms with Crippen molar-refractivity contribution < 1.29 is 32.9 Å². The first kappa shape index (κ1) is 119. The molecule has 4 aromatic carbocycles. The van der Waals surface area contributed by atoms with Gasteiger partial charge in [0, 0.05) is 0 Å². The molecule has 87 heavy (non-hydrogen) atoms. The quantitative estimate of drug-likeness (QED) is 0.0576. The van der Waals surface area contributed by atoms with E-state index in [9.17, 15) is 0 Å². The molecule has 8 nitrogen and oxygen atoms in total. The average Bonchev–Trinajstić information content (AvgIpc) is 3.28. The Morgan fingerprint density at radius 2 is 0.448 bits per heavy atom. The van der Waals surface area contributed by atoms with Crippen LogP contribution in [0.2, 0.25) is 143 Å². The summed E-state index contributed by atoms with van der Waals surface area (Å²) < 4.78 is 53.2. The molecule has 0 bridgehead atoms. The monoisotopic (exact) mass is 1420 g/mol. The SMILES string of the molecule is C.C.C.C.C.C.C.C.C.C.C.C.C.C.C.C=C[Si](C)(C)O[Si](C)(O[Si](C)(C)C=C)c1ccccc1.C=C[Si](C)(C)O[Si](C)(O[Si](C)(C)CC[Si](C)(C)O[Si](C)(O[SiH](C)C)c1ccccc1)c1ccccc1.C[SiH](C)O[Si](C)(O[SiH](C)C)c1ccccc1. The summed E-state index contributed by atoms with van der Waals surface area (Å²) in [5.74, 6) is 0. The topological polar surface area (TPSA) is 73.8 Å². The molecule has 0 fully saturated rings. The Morgan fingerprint density at radius 3 is 0.655 bits per heavy atom. The van der Waals surface area contributed by atoms with Crippen LogP contribution in [-0.2, 0) is 32.9 Å². The molecule has 0 heterocycles. The zero-order valence-corrected chi connectivity index (χ0v) is 60.8. The predicted molar refractivity (Wildman–Crippen MR) is 445 cm³/mol. The molecule has 4 aromatic rings. The van der Waals surface area contributed by atoms with E-state index in [1.54, 1.807) is 0 Å². The van der Waals surface area contributed by atoms with Crippen LogP contribution in [0.4, 0.5) is 0 Å². The standard InChI is InChI=1S/C26H48O4Si6.C15H26O2Si3.C11H22O2Si3.15CH4/c1-12-32(4,5)28-36(11,26-21-17-14-18-22-26)30-34(8,9)24-23-33(6,7)29-35(10,27-31(2)3)25-19-15-13-16-20-25;1-8-18(3,4)16-20(7,17-19(5,6)9-2)15-13-11-10-12-14-15;1-14(2)12-16(5,13-15(3)4)11-9-7-6-8-10-11;;;;;;;;;;;;;;;/h12-22,31H,1,23-24H2,2-11H3;8-14H,1-2H2,3-7H3;6-10,14-15H,1-5H3;15*1H4. The second kappa shape index (κ2) is 51.8. The molecule has 20 heteroatoms. The van der Waals surface area contributed by atoms with Crippen molar-refractivity contribution in [3.63, 3.8) is 0 Å². The Hall–Kier alpha value is -1.62. The third kappa shape index (κ3) is 43.0. The highest BCUT2D eigenvalue weighted by atomic mass is 28.5. The lowest BCUT2D eigenvalue weighted by Crippen LogP contribution is -2.61. The van der Waals surface area contributed by atoms with Crippen molar-refractivity contribution in [2.75, 3.05) is 0 Å². The summed E-state index contributed by atoms with van der Waals surface area (Å²) in [6.07, 6.45) is 0. The van der Waals surface area contributed by atoms with Crippen LogP contribution in [0.15, 0.2) is 158 Å². The molecule has 2 unspecified atom stereocenters. The van der Waals surface area contributed by atoms with E-state index in [1.165, 1.54) is 20.7 Å². The summed E-state index contributed by atoms with van der Waals surface area (Å²) in [6, 6.07) is 44.0. The van der Waals surface area contributed by atoms with Crippen LogP contribution in [0.5, 0.6) is 0 Å². The molecule has 0 saturated carbocycles. The minimum Gasteiger partial charge on any atom is -0.436 e. The Morgan fingerprint density at radius 1 is 0.276 bits per heavy atom. The van der Waals surface area contributed by atoms with E-state index in [1.807, 2.05) is 41.4 Å². The molecule has 520 valence electrons. The van der Waals surface area contributed by atoms with Crippen LogP contribution in [0, 0.1) is 0 Å². The van der Waals surface area contributed by atoms with Gasteiger partial charge in [0.05, 0.1) is 0 Å². The van der Waals surface area contributed by atoms with Crippen molar-refractivity contribution >= 4 is 124 Å². The Kier molecular flexibility index (Phi) is 71.1. The normalized spacial score (nSPS) is 12.1. The Labute approximate surface area is 565 Å². The van der Waals surface area contributed by atoms with Crippen molar-refractivity contribution in [1.29, 1.82) is 0 Å². The highest BCUT2D eigenvalue weighted by Gasteiger charge is 2.47. The van der Waals surface area contributed by atoms with Crippen LogP contribution in [-0.4, -0.2) is 103 Å². The molecular formula is C67H156O8Si12. The first-order valence-electron chi connectivity index (χ1n) is 25.8. The highest BCUT2D eigenvalue weighted by Crippen LogP contribution is 2.30. The lowest BCUT2D eigenvalue weighted by Gasteiger charge is -2.42. The van der Waals surface area contributed by atoms with E-state index in [-0.39, 0.29) is 111 Å². The lowest BCUT2D eigenvalue weighted by atomic mass is 10.4. The average molecular weight is 1430 g/mol. The largest absolute Gasteiger partial charge is 0.436 e. The zero-order valence-electron chi connectivity index (χ0n) is 48.3. The van der Waals surface area contributed by atoms with Gasteiger partial charge < -0.3 is 32.9 Å². The summed E-state index contributed by atoms with van der Waals surface area (Å²) in [6.45, 7) is 56.3. The van der Waals surface area contributed by atoms with E-state index in [0.29, 0.717) is 0 Å². The van der Waals surface area contributed by atoms with Crippen LogP contribution in [0.3, 0.4) is 0 Å². The third-order valence-electron chi connectivity index (χ3n) is 11.7. The second-order valence-electron chi connectivity index (χ2n) is 22.7. The predicted octanol–water partition coefficient (Wildman–Crippen LogP) is 21.7. The molecule has 4 rings (SSSR count). The maximum Gasteiger partial charge on any atom is 0.349 e. The highest BCUT2D eigenvalue weighted by molar-refractivity contribution is 6.98. The van der Waals surface area contributed by atoms with Gasteiger partial charge in [0.1, 0.15) is 0 Å². The zero-order chi connectivity index (χ0) is 54.9. The minimum atomic E-state index is -2.62. The van der Waals surface area contributed by atoms with Gasteiger partial charge in [-0.2, -0.15) is 0 Å². The fourth-order valence-electron chi connectivity index (χ4n) is 8.29. The van der Waals surface area contributed by atoms with Gasteiger partial charge in [-0.05, 0) is 164 Å². The summed E-state index contributed by atoms with van der Waals surface area (Å²) in [5.41, 5.74) is 5.94. The molecule has 2 atom stereocenters. The van der Waals surface area contributed by atoms with Crippen molar-refractivity contribution in [1.82, 2.24) is 0 Å². The maximum atomic E-state index is 7.12. The first-order valence-corrected chi connectivity index (χ1v) is 58.6. The molecule has 0 aliphatic rings. The van der Waals surface area contributed by atoms with Gasteiger partial charge >= 0.3 is 34.2 Å². The van der Waals surface area contributed by atoms with E-state index in [2.05, 4.69) is 248 Å². The minimum absolute atomic E-state index is 0. The van der Waals surface area contributed by atoms with Gasteiger partial charge in [0.25, 0.3) is 0 Å². The molecule has 0 spiro atoms. The molecule has 0 radical (unpaired) electrons. The van der Waals surface area contributed by atoms with E-state index in [4.69, 9.17) is 32.9 Å². The molecule has 0 aliphatic heterocycles. The van der Waals surface area contributed by atoms with Crippen molar-refractivity contribution in [2.24, 2.45) is 0 Å². The molecular weight excluding hydrogens is 1270 g/mol. The molecule has 0 aromatic heterocycles. The van der Waals surface area contributed by atoms with E-state index >= 15 is 0 Å². The summed E-state index contributed by atoms with van der Waals surface area (Å²) in [4.78, 5) is 0. The van der Waals surface area contributed by atoms with Crippen LogP contribution < -0.4 is 20.7 Å². The van der Waals surface area contributed by atoms with Gasteiger partial charge in [0.2, 0.25) is 0 Å². The van der Waals surface area contributed by atoms with Crippen molar-refractivity contribution in [3.8, 4) is 0 Å². The Balaban J connectivity index is -0.0000000760. The van der Waals surface area contributed by atoms with Crippen LogP contribution in [0.25, 0.3) is 0 Å². The van der Waals surface area contributed by atoms with Crippen LogP contribution in [0.1, 0.15) is 111 Å². The van der Waals surface area contributed by atoms with Gasteiger partial charge in [-0.1, -0.05) is 250 Å². The molecule has 0 N–H and O–H groups in total. The lowest BCUT2D eigenvalue weighted by molar-refractivity contribution is 0.398. The smallest absolute Gasteiger partial charge is 0.349 e. The Bertz CT molecular complexity index is 2200. The van der Waals surface area contributed by atoms with E-state index in [0.717, 1.165) is 12.1 Å². The first-order chi connectivity index (χ1) is 33.1. The molecule has 0 amide bonds. The fourth-order valence-corrected chi connectivity index (χ4v) is 55.8. The van der Waals surface area contributed by atoms with E-state index < -0.39 is 103 Å². The van der Waals surface area contributed by atoms with Crippen molar-refractivity contribution in [3.05, 3.63) is 158 Å². The van der Waals surface area contributed by atoms with Gasteiger partial charge in [-0.25, -0.2) is 0 Å². The third-order valence-corrected chi connectivity index (χ3v) is 53.2. The summed E-state index contributed by atoms with van der Waals surface area (Å²) >= 11 is 0. The summed E-state index contributed by atoms with van der Waals surface area (Å²) in [5, 5.41) is 4.86. The number of hydrogen-bond donors (Lipinski definition) is 0. The number of rotatable bonds is 26. The second-order valence-corrected chi connectivity index (χ2v) is 64.7. The number of benzene rings is 4. The molecule has 0 aliphatic carbocycles. The fraction of sp³-hybridized carbons (Fsp3) is 0.552.